The first kappa shape index (κ1) is 19.1. The lowest BCUT2D eigenvalue weighted by molar-refractivity contribution is 0.0593. The molecule has 0 fully saturated rings. The van der Waals surface area contributed by atoms with Crippen LogP contribution < -0.4 is 0 Å². The third-order valence-electron chi connectivity index (χ3n) is 5.44. The minimum Gasteiger partial charge on any atom is -0.464 e. The molecule has 1 aromatic rings. The number of carbonyl (C=O) groups excluding carboxylic acids is 1. The number of aromatic nitrogens is 1. The third-order valence-corrected chi connectivity index (χ3v) is 10.0. The number of carbonyl (C=O) groups is 1. The Balaban J connectivity index is 2.42. The molecular formula is C19H31NO3Si. The summed E-state index contributed by atoms with van der Waals surface area (Å²) in [7, 11) is -0.484. The van der Waals surface area contributed by atoms with Gasteiger partial charge in [-0.15, -0.1) is 0 Å². The van der Waals surface area contributed by atoms with Crippen molar-refractivity contribution in [3.63, 3.8) is 0 Å². The van der Waals surface area contributed by atoms with Crippen molar-refractivity contribution in [1.29, 1.82) is 0 Å². The highest BCUT2D eigenvalue weighted by Crippen LogP contribution is 2.40. The number of fused-ring (bicyclic) bond motifs is 1. The van der Waals surface area contributed by atoms with Gasteiger partial charge in [-0.05, 0) is 67.9 Å². The summed E-state index contributed by atoms with van der Waals surface area (Å²) in [5, 5.41) is 0.152. The van der Waals surface area contributed by atoms with Gasteiger partial charge in [0, 0.05) is 5.69 Å². The molecule has 24 heavy (non-hydrogen) atoms. The Morgan fingerprint density at radius 3 is 2.46 bits per heavy atom. The number of ether oxygens (including phenoxy) is 1. The number of rotatable bonds is 4. The first-order chi connectivity index (χ1) is 11.1. The topological polar surface area (TPSA) is 48.4 Å². The molecule has 0 aromatic carbocycles. The number of hydrogen-bond acceptors (Lipinski definition) is 4. The van der Waals surface area contributed by atoms with Crippen LogP contribution in [0.5, 0.6) is 0 Å². The van der Waals surface area contributed by atoms with Gasteiger partial charge in [0.2, 0.25) is 0 Å². The maximum Gasteiger partial charge on any atom is 0.356 e. The molecule has 0 bridgehead atoms. The second-order valence-electron chi connectivity index (χ2n) is 8.24. The molecule has 1 heterocycles. The minimum absolute atomic E-state index is 0.0378. The molecule has 1 atom stereocenters. The molecule has 1 aliphatic carbocycles. The zero-order valence-corrected chi connectivity index (χ0v) is 17.2. The molecule has 0 unspecified atom stereocenters. The lowest BCUT2D eigenvalue weighted by Gasteiger charge is -2.39. The molecule has 0 saturated heterocycles. The normalized spacial score (nSPS) is 16.5. The summed E-state index contributed by atoms with van der Waals surface area (Å²) in [6.45, 7) is 13.4. The van der Waals surface area contributed by atoms with Crippen molar-refractivity contribution in [3.05, 3.63) is 28.6 Å². The van der Waals surface area contributed by atoms with E-state index in [1.807, 2.05) is 6.07 Å². The molecule has 1 aliphatic rings. The maximum atomic E-state index is 12.0. The summed E-state index contributed by atoms with van der Waals surface area (Å²) in [4.78, 5) is 16.6. The molecule has 2 rings (SSSR count). The van der Waals surface area contributed by atoms with E-state index in [-0.39, 0.29) is 17.1 Å². The van der Waals surface area contributed by atoms with E-state index in [2.05, 4.69) is 45.8 Å². The van der Waals surface area contributed by atoms with Crippen LogP contribution in [-0.4, -0.2) is 26.4 Å². The Morgan fingerprint density at radius 2 is 1.88 bits per heavy atom. The Morgan fingerprint density at radius 1 is 1.25 bits per heavy atom. The summed E-state index contributed by atoms with van der Waals surface area (Å²) in [6.07, 6.45) is 4.21. The van der Waals surface area contributed by atoms with Crippen LogP contribution in [0.2, 0.25) is 18.1 Å². The molecule has 0 spiro atoms. The van der Waals surface area contributed by atoms with Crippen molar-refractivity contribution < 1.29 is 14.0 Å². The van der Waals surface area contributed by atoms with Crippen molar-refractivity contribution in [2.75, 3.05) is 7.11 Å². The van der Waals surface area contributed by atoms with Gasteiger partial charge in [0.1, 0.15) is 5.69 Å². The molecule has 0 aliphatic heterocycles. The van der Waals surface area contributed by atoms with E-state index in [1.165, 1.54) is 19.1 Å². The summed E-state index contributed by atoms with van der Waals surface area (Å²) in [6, 6.07) is 1.88. The van der Waals surface area contributed by atoms with E-state index in [1.54, 1.807) is 0 Å². The largest absolute Gasteiger partial charge is 0.464 e. The fourth-order valence-corrected chi connectivity index (χ4v) is 4.35. The maximum absolute atomic E-state index is 12.0. The van der Waals surface area contributed by atoms with Gasteiger partial charge in [-0.1, -0.05) is 20.8 Å². The molecule has 4 nitrogen and oxygen atoms in total. The van der Waals surface area contributed by atoms with Gasteiger partial charge < -0.3 is 9.16 Å². The Hall–Kier alpha value is -1.20. The smallest absolute Gasteiger partial charge is 0.356 e. The SMILES string of the molecule is COC(=O)c1cc([C@H](C)O[Si](C)(C)C(C)(C)C)c2c(n1)CCCC2. The molecule has 0 radical (unpaired) electrons. The summed E-state index contributed by atoms with van der Waals surface area (Å²) < 4.78 is 11.5. The number of esters is 1. The van der Waals surface area contributed by atoms with Gasteiger partial charge in [0.25, 0.3) is 0 Å². The Labute approximate surface area is 147 Å². The molecule has 0 saturated carbocycles. The molecule has 1 aromatic heterocycles. The first-order valence-corrected chi connectivity index (χ1v) is 11.8. The van der Waals surface area contributed by atoms with Crippen molar-refractivity contribution in [2.24, 2.45) is 0 Å². The van der Waals surface area contributed by atoms with E-state index < -0.39 is 8.32 Å². The molecule has 5 heteroatoms. The molecule has 0 N–H and O–H groups in total. The van der Waals surface area contributed by atoms with Crippen LogP contribution in [0.4, 0.5) is 0 Å². The predicted molar refractivity (Wildman–Crippen MR) is 98.9 cm³/mol. The quantitative estimate of drug-likeness (QED) is 0.577. The van der Waals surface area contributed by atoms with Crippen LogP contribution >= 0.6 is 0 Å². The van der Waals surface area contributed by atoms with Crippen LogP contribution in [0.1, 0.15) is 73.9 Å². The second kappa shape index (κ2) is 6.96. The number of methoxy groups -OCH3 is 1. The fraction of sp³-hybridized carbons (Fsp3) is 0.684. The van der Waals surface area contributed by atoms with Crippen molar-refractivity contribution in [3.8, 4) is 0 Å². The Bertz CT molecular complexity index is 620. The van der Waals surface area contributed by atoms with E-state index >= 15 is 0 Å². The minimum atomic E-state index is -1.89. The zero-order valence-electron chi connectivity index (χ0n) is 16.2. The fourth-order valence-electron chi connectivity index (χ4n) is 2.99. The van der Waals surface area contributed by atoms with Gasteiger partial charge in [0.05, 0.1) is 13.2 Å². The van der Waals surface area contributed by atoms with Gasteiger partial charge >= 0.3 is 5.97 Å². The van der Waals surface area contributed by atoms with Gasteiger partial charge in [-0.25, -0.2) is 9.78 Å². The number of nitrogens with zero attached hydrogens (tertiary/aromatic N) is 1. The summed E-state index contributed by atoms with van der Waals surface area (Å²) >= 11 is 0. The highest BCUT2D eigenvalue weighted by atomic mass is 28.4. The van der Waals surface area contributed by atoms with Crippen molar-refractivity contribution in [2.45, 2.75) is 77.6 Å². The van der Waals surface area contributed by atoms with Crippen LogP contribution in [-0.2, 0) is 22.0 Å². The zero-order chi connectivity index (χ0) is 18.1. The average molecular weight is 350 g/mol. The van der Waals surface area contributed by atoms with E-state index in [4.69, 9.17) is 9.16 Å². The van der Waals surface area contributed by atoms with Crippen LogP contribution in [0.3, 0.4) is 0 Å². The average Bonchev–Trinajstić information content (AvgIpc) is 2.51. The molecule has 134 valence electrons. The first-order valence-electron chi connectivity index (χ1n) is 8.85. The monoisotopic (exact) mass is 349 g/mol. The highest BCUT2D eigenvalue weighted by Gasteiger charge is 2.39. The van der Waals surface area contributed by atoms with Gasteiger partial charge in [-0.3, -0.25) is 0 Å². The second-order valence-corrected chi connectivity index (χ2v) is 13.0. The number of aryl methyl sites for hydroxylation is 1. The van der Waals surface area contributed by atoms with Gasteiger partial charge in [-0.2, -0.15) is 0 Å². The van der Waals surface area contributed by atoms with Crippen LogP contribution in [0.15, 0.2) is 6.07 Å². The predicted octanol–water partition coefficient (Wildman–Crippen LogP) is 4.83. The Kier molecular flexibility index (Phi) is 5.55. The molecule has 0 amide bonds. The standard InChI is InChI=1S/C19H31NO3Si/c1-13(23-24(6,7)19(2,3)4)15-12-17(18(21)22-5)20-16-11-9-8-10-14(15)16/h12-13H,8-11H2,1-7H3/t13-/m0/s1. The van der Waals surface area contributed by atoms with E-state index in [0.29, 0.717) is 5.69 Å². The van der Waals surface area contributed by atoms with Crippen molar-refractivity contribution >= 4 is 14.3 Å². The third kappa shape index (κ3) is 3.89. The summed E-state index contributed by atoms with van der Waals surface area (Å²) in [5.41, 5.74) is 3.84. The highest BCUT2D eigenvalue weighted by molar-refractivity contribution is 6.74. The summed E-state index contributed by atoms with van der Waals surface area (Å²) in [5.74, 6) is -0.371. The van der Waals surface area contributed by atoms with E-state index in [0.717, 1.165) is 30.5 Å². The van der Waals surface area contributed by atoms with E-state index in [9.17, 15) is 4.79 Å². The lowest BCUT2D eigenvalue weighted by Crippen LogP contribution is -2.41. The number of pyridine rings is 1. The lowest BCUT2D eigenvalue weighted by atomic mass is 9.90. The van der Waals surface area contributed by atoms with Crippen LogP contribution in [0, 0.1) is 0 Å². The number of hydrogen-bond donors (Lipinski definition) is 0. The molecular weight excluding hydrogens is 318 g/mol. The van der Waals surface area contributed by atoms with Gasteiger partial charge in [0.15, 0.2) is 8.32 Å². The van der Waals surface area contributed by atoms with Crippen LogP contribution in [0.25, 0.3) is 0 Å². The van der Waals surface area contributed by atoms with Crippen molar-refractivity contribution in [1.82, 2.24) is 4.98 Å².